The van der Waals surface area contributed by atoms with Gasteiger partial charge in [0.05, 0.1) is 0 Å². The molecule has 0 saturated heterocycles. The van der Waals surface area contributed by atoms with Gasteiger partial charge < -0.3 is 10.1 Å². The summed E-state index contributed by atoms with van der Waals surface area (Å²) in [6.07, 6.45) is 3.22. The third-order valence-electron chi connectivity index (χ3n) is 3.94. The smallest absolute Gasteiger partial charge is 0.272 e. The van der Waals surface area contributed by atoms with Gasteiger partial charge in [0.15, 0.2) is 6.61 Å². The highest BCUT2D eigenvalue weighted by atomic mass is 19.3. The lowest BCUT2D eigenvalue weighted by Crippen LogP contribution is -2.15. The Kier molecular flexibility index (Phi) is 5.17. The summed E-state index contributed by atoms with van der Waals surface area (Å²) in [4.78, 5) is 13.1. The van der Waals surface area contributed by atoms with Crippen LogP contribution >= 0.6 is 0 Å². The number of fused-ring (bicyclic) bond motifs is 1. The van der Waals surface area contributed by atoms with Crippen LogP contribution in [0.25, 0.3) is 0 Å². The second-order valence-corrected chi connectivity index (χ2v) is 5.78. The van der Waals surface area contributed by atoms with E-state index in [0.717, 1.165) is 54.1 Å². The third-order valence-corrected chi connectivity index (χ3v) is 3.94. The standard InChI is InChI=1S/C17H20F2N4O/c1-11-22-14-7-3-2-6-13(14)16(23-11)21-9-12-5-4-8-20-17(12)24-10-15(18)19/h4-5,8,15H,2-3,6-7,9-10H2,1H3,(H,21,22,23). The molecule has 0 radical (unpaired) electrons. The predicted octanol–water partition coefficient (Wildman–Crippen LogP) is 3.31. The number of halogens is 2. The van der Waals surface area contributed by atoms with Crippen molar-refractivity contribution in [3.8, 4) is 5.88 Å². The number of pyridine rings is 1. The van der Waals surface area contributed by atoms with E-state index in [1.165, 1.54) is 6.20 Å². The molecule has 0 amide bonds. The molecule has 24 heavy (non-hydrogen) atoms. The van der Waals surface area contributed by atoms with E-state index < -0.39 is 13.0 Å². The van der Waals surface area contributed by atoms with E-state index in [-0.39, 0.29) is 5.88 Å². The Morgan fingerprint density at radius 1 is 1.25 bits per heavy atom. The summed E-state index contributed by atoms with van der Waals surface area (Å²) in [6, 6.07) is 3.56. The molecule has 0 bridgehead atoms. The van der Waals surface area contributed by atoms with Crippen LogP contribution in [0.3, 0.4) is 0 Å². The van der Waals surface area contributed by atoms with Crippen LogP contribution in [-0.4, -0.2) is 28.0 Å². The van der Waals surface area contributed by atoms with Crippen molar-refractivity contribution in [3.05, 3.63) is 41.0 Å². The summed E-state index contributed by atoms with van der Waals surface area (Å²) >= 11 is 0. The number of nitrogens with one attached hydrogen (secondary N) is 1. The zero-order valence-electron chi connectivity index (χ0n) is 13.6. The maximum absolute atomic E-state index is 12.4. The lowest BCUT2D eigenvalue weighted by atomic mass is 9.96. The highest BCUT2D eigenvalue weighted by Crippen LogP contribution is 2.26. The van der Waals surface area contributed by atoms with Crippen molar-refractivity contribution in [1.82, 2.24) is 15.0 Å². The number of aryl methyl sites for hydroxylation is 2. The van der Waals surface area contributed by atoms with E-state index in [2.05, 4.69) is 20.3 Å². The average molecular weight is 334 g/mol. The van der Waals surface area contributed by atoms with Crippen LogP contribution in [-0.2, 0) is 19.4 Å². The topological polar surface area (TPSA) is 59.9 Å². The van der Waals surface area contributed by atoms with Crippen LogP contribution in [0, 0.1) is 6.92 Å². The number of aromatic nitrogens is 3. The molecule has 1 N–H and O–H groups in total. The summed E-state index contributed by atoms with van der Waals surface area (Å²) < 4.78 is 29.8. The van der Waals surface area contributed by atoms with Crippen molar-refractivity contribution in [3.63, 3.8) is 0 Å². The summed E-state index contributed by atoms with van der Waals surface area (Å²) in [7, 11) is 0. The maximum atomic E-state index is 12.4. The molecule has 3 rings (SSSR count). The summed E-state index contributed by atoms with van der Waals surface area (Å²) in [5, 5.41) is 3.30. The molecule has 0 atom stereocenters. The molecular weight excluding hydrogens is 314 g/mol. The van der Waals surface area contributed by atoms with Gasteiger partial charge in [0.1, 0.15) is 11.6 Å². The summed E-state index contributed by atoms with van der Waals surface area (Å²) in [5.74, 6) is 1.78. The minimum Gasteiger partial charge on any atom is -0.471 e. The van der Waals surface area contributed by atoms with Gasteiger partial charge in [0, 0.05) is 29.6 Å². The fourth-order valence-electron chi connectivity index (χ4n) is 2.87. The van der Waals surface area contributed by atoms with Crippen molar-refractivity contribution in [2.45, 2.75) is 45.6 Å². The number of ether oxygens (including phenoxy) is 1. The average Bonchev–Trinajstić information content (AvgIpc) is 2.58. The van der Waals surface area contributed by atoms with Gasteiger partial charge >= 0.3 is 0 Å². The Morgan fingerprint density at radius 3 is 2.92 bits per heavy atom. The molecule has 0 spiro atoms. The third kappa shape index (κ3) is 3.96. The van der Waals surface area contributed by atoms with Gasteiger partial charge in [-0.25, -0.2) is 23.7 Å². The highest BCUT2D eigenvalue weighted by molar-refractivity contribution is 5.48. The Labute approximate surface area is 139 Å². The van der Waals surface area contributed by atoms with Crippen molar-refractivity contribution in [1.29, 1.82) is 0 Å². The van der Waals surface area contributed by atoms with Crippen molar-refractivity contribution in [2.75, 3.05) is 11.9 Å². The molecule has 0 fully saturated rings. The molecule has 0 unspecified atom stereocenters. The van der Waals surface area contributed by atoms with Gasteiger partial charge in [-0.05, 0) is 38.7 Å². The largest absolute Gasteiger partial charge is 0.471 e. The fraction of sp³-hybridized carbons (Fsp3) is 0.471. The first-order valence-corrected chi connectivity index (χ1v) is 8.08. The van der Waals surface area contributed by atoms with Gasteiger partial charge in [-0.15, -0.1) is 0 Å². The van der Waals surface area contributed by atoms with Gasteiger partial charge in [-0.1, -0.05) is 6.07 Å². The summed E-state index contributed by atoms with van der Waals surface area (Å²) in [5.41, 5.74) is 2.99. The molecule has 1 aliphatic carbocycles. The molecule has 0 aliphatic heterocycles. The van der Waals surface area contributed by atoms with Crippen molar-refractivity contribution >= 4 is 5.82 Å². The van der Waals surface area contributed by atoms with Crippen LogP contribution in [0.1, 0.15) is 35.5 Å². The highest BCUT2D eigenvalue weighted by Gasteiger charge is 2.17. The van der Waals surface area contributed by atoms with E-state index in [1.54, 1.807) is 12.1 Å². The zero-order valence-corrected chi connectivity index (χ0v) is 13.6. The zero-order chi connectivity index (χ0) is 16.9. The van der Waals surface area contributed by atoms with E-state index in [4.69, 9.17) is 4.74 Å². The Morgan fingerprint density at radius 2 is 2.08 bits per heavy atom. The van der Waals surface area contributed by atoms with Crippen LogP contribution < -0.4 is 10.1 Å². The number of hydrogen-bond acceptors (Lipinski definition) is 5. The lowest BCUT2D eigenvalue weighted by Gasteiger charge is -2.19. The van der Waals surface area contributed by atoms with Crippen molar-refractivity contribution < 1.29 is 13.5 Å². The normalized spacial score (nSPS) is 13.7. The molecule has 0 saturated carbocycles. The second-order valence-electron chi connectivity index (χ2n) is 5.78. The van der Waals surface area contributed by atoms with Crippen LogP contribution in [0.5, 0.6) is 5.88 Å². The van der Waals surface area contributed by atoms with Gasteiger partial charge in [0.2, 0.25) is 5.88 Å². The van der Waals surface area contributed by atoms with Crippen LogP contribution in [0.2, 0.25) is 0 Å². The van der Waals surface area contributed by atoms with Crippen molar-refractivity contribution in [2.24, 2.45) is 0 Å². The monoisotopic (exact) mass is 334 g/mol. The minimum absolute atomic E-state index is 0.227. The van der Waals surface area contributed by atoms with Crippen LogP contribution in [0.4, 0.5) is 14.6 Å². The number of hydrogen-bond donors (Lipinski definition) is 1. The molecule has 7 heteroatoms. The summed E-state index contributed by atoms with van der Waals surface area (Å²) in [6.45, 7) is 1.63. The van der Waals surface area contributed by atoms with Gasteiger partial charge in [0.25, 0.3) is 6.43 Å². The van der Waals surface area contributed by atoms with Gasteiger partial charge in [-0.3, -0.25) is 0 Å². The molecule has 2 heterocycles. The molecule has 1 aliphatic rings. The number of rotatable bonds is 6. The van der Waals surface area contributed by atoms with E-state index in [0.29, 0.717) is 6.54 Å². The molecule has 2 aromatic heterocycles. The first-order valence-electron chi connectivity index (χ1n) is 8.08. The van der Waals surface area contributed by atoms with E-state index >= 15 is 0 Å². The van der Waals surface area contributed by atoms with Gasteiger partial charge in [-0.2, -0.15) is 0 Å². The molecule has 128 valence electrons. The first kappa shape index (κ1) is 16.5. The number of nitrogens with zero attached hydrogens (tertiary/aromatic N) is 3. The number of alkyl halides is 2. The lowest BCUT2D eigenvalue weighted by molar-refractivity contribution is 0.0791. The van der Waals surface area contributed by atoms with E-state index in [1.807, 2.05) is 6.92 Å². The fourth-order valence-corrected chi connectivity index (χ4v) is 2.87. The van der Waals surface area contributed by atoms with E-state index in [9.17, 15) is 8.78 Å². The quantitative estimate of drug-likeness (QED) is 0.878. The van der Waals surface area contributed by atoms with Crippen LogP contribution in [0.15, 0.2) is 18.3 Å². The second kappa shape index (κ2) is 7.51. The molecule has 2 aromatic rings. The molecular formula is C17H20F2N4O. The number of anilines is 1. The Balaban J connectivity index is 1.76. The predicted molar refractivity (Wildman–Crippen MR) is 86.5 cm³/mol. The molecule has 5 nitrogen and oxygen atoms in total. The Bertz CT molecular complexity index is 709. The maximum Gasteiger partial charge on any atom is 0.272 e. The molecule has 0 aromatic carbocycles. The SMILES string of the molecule is Cc1nc2c(c(NCc3cccnc3OCC(F)F)n1)CCCC2. The first-order chi connectivity index (χ1) is 11.6. The minimum atomic E-state index is -2.52. The Hall–Kier alpha value is -2.31.